The van der Waals surface area contributed by atoms with Gasteiger partial charge in [0.2, 0.25) is 0 Å². The number of anilines is 2. The van der Waals surface area contributed by atoms with Gasteiger partial charge in [-0.2, -0.15) is 0 Å². The van der Waals surface area contributed by atoms with Gasteiger partial charge in [-0.3, -0.25) is 0 Å². The Labute approximate surface area is 211 Å². The second-order valence-corrected chi connectivity index (χ2v) is 12.4. The Bertz CT molecular complexity index is 1110. The Balaban J connectivity index is 1.03. The zero-order valence-corrected chi connectivity index (χ0v) is 21.0. The van der Waals surface area contributed by atoms with Gasteiger partial charge in [0.15, 0.2) is 0 Å². The van der Waals surface area contributed by atoms with Crippen LogP contribution in [0.2, 0.25) is 0 Å². The molecule has 0 aromatic heterocycles. The van der Waals surface area contributed by atoms with E-state index >= 15 is 0 Å². The molecule has 35 heavy (non-hydrogen) atoms. The zero-order chi connectivity index (χ0) is 23.2. The Morgan fingerprint density at radius 3 is 1.57 bits per heavy atom. The molecule has 0 aliphatic heterocycles. The van der Waals surface area contributed by atoms with E-state index < -0.39 is 0 Å². The molecule has 180 valence electrons. The molecule has 0 heterocycles. The summed E-state index contributed by atoms with van der Waals surface area (Å²) < 4.78 is 0. The molecule has 5 aliphatic carbocycles. The summed E-state index contributed by atoms with van der Waals surface area (Å²) in [6.07, 6.45) is 15.8. The molecule has 0 amide bonds. The maximum Gasteiger partial charge on any atom is 0.0384 e. The van der Waals surface area contributed by atoms with Crippen LogP contribution >= 0.6 is 0 Å². The minimum atomic E-state index is 0.494. The van der Waals surface area contributed by atoms with Gasteiger partial charge in [0, 0.05) is 11.4 Å². The molecule has 0 unspecified atom stereocenters. The van der Waals surface area contributed by atoms with Gasteiger partial charge in [-0.25, -0.2) is 0 Å². The minimum absolute atomic E-state index is 0.494. The molecular formula is C34H39N. The molecule has 1 nitrogen and oxygen atoms in total. The van der Waals surface area contributed by atoms with Crippen LogP contribution in [0.5, 0.6) is 0 Å². The van der Waals surface area contributed by atoms with Crippen molar-refractivity contribution in [2.75, 3.05) is 5.32 Å². The lowest BCUT2D eigenvalue weighted by atomic mass is 9.48. The summed E-state index contributed by atoms with van der Waals surface area (Å²) in [7, 11) is 0. The number of hydrogen-bond donors (Lipinski definition) is 1. The van der Waals surface area contributed by atoms with Gasteiger partial charge < -0.3 is 5.32 Å². The number of hydrogen-bond acceptors (Lipinski definition) is 1. The fourth-order valence-electron chi connectivity index (χ4n) is 8.67. The predicted octanol–water partition coefficient (Wildman–Crippen LogP) is 9.61. The van der Waals surface area contributed by atoms with Crippen molar-refractivity contribution in [2.24, 2.45) is 17.8 Å². The average Bonchev–Trinajstić information content (AvgIpc) is 2.90. The van der Waals surface area contributed by atoms with Gasteiger partial charge in [-0.1, -0.05) is 67.8 Å². The molecule has 3 aromatic carbocycles. The van der Waals surface area contributed by atoms with Crippen molar-refractivity contribution in [2.45, 2.75) is 82.0 Å². The Hall–Kier alpha value is -2.54. The molecule has 4 bridgehead atoms. The second kappa shape index (κ2) is 8.84. The molecule has 0 radical (unpaired) electrons. The summed E-state index contributed by atoms with van der Waals surface area (Å²) in [4.78, 5) is 0. The lowest BCUT2D eigenvalue weighted by Crippen LogP contribution is -2.48. The van der Waals surface area contributed by atoms with E-state index in [0.29, 0.717) is 5.41 Å². The van der Waals surface area contributed by atoms with Gasteiger partial charge in [-0.15, -0.1) is 0 Å². The lowest BCUT2D eigenvalue weighted by molar-refractivity contribution is -0.00518. The van der Waals surface area contributed by atoms with E-state index in [-0.39, 0.29) is 0 Å². The molecule has 0 atom stereocenters. The Kier molecular flexibility index (Phi) is 5.49. The van der Waals surface area contributed by atoms with Gasteiger partial charge in [-0.05, 0) is 127 Å². The number of rotatable bonds is 5. The molecule has 1 N–H and O–H groups in total. The molecule has 0 spiro atoms. The Morgan fingerprint density at radius 2 is 1.03 bits per heavy atom. The lowest BCUT2D eigenvalue weighted by Gasteiger charge is -2.57. The van der Waals surface area contributed by atoms with Crippen molar-refractivity contribution >= 4 is 11.4 Å². The van der Waals surface area contributed by atoms with Crippen LogP contribution in [0.1, 0.15) is 87.7 Å². The summed E-state index contributed by atoms with van der Waals surface area (Å²) in [6.45, 7) is 0. The van der Waals surface area contributed by atoms with Crippen molar-refractivity contribution in [3.05, 3.63) is 83.9 Å². The van der Waals surface area contributed by atoms with Crippen LogP contribution < -0.4 is 5.32 Å². The molecule has 0 saturated heterocycles. The first-order chi connectivity index (χ1) is 17.2. The molecule has 3 aromatic rings. The van der Waals surface area contributed by atoms with E-state index in [0.717, 1.165) is 29.4 Å². The summed E-state index contributed by atoms with van der Waals surface area (Å²) in [5.41, 5.74) is 8.61. The van der Waals surface area contributed by atoms with Gasteiger partial charge in [0.1, 0.15) is 0 Å². The van der Waals surface area contributed by atoms with Crippen molar-refractivity contribution in [3.63, 3.8) is 0 Å². The van der Waals surface area contributed by atoms with E-state index in [1.54, 1.807) is 5.56 Å². The van der Waals surface area contributed by atoms with Crippen molar-refractivity contribution < 1.29 is 0 Å². The van der Waals surface area contributed by atoms with E-state index in [4.69, 9.17) is 0 Å². The van der Waals surface area contributed by atoms with Crippen LogP contribution in [0.3, 0.4) is 0 Å². The van der Waals surface area contributed by atoms with Crippen molar-refractivity contribution in [1.29, 1.82) is 0 Å². The molecule has 5 saturated carbocycles. The van der Waals surface area contributed by atoms with Gasteiger partial charge in [0.25, 0.3) is 0 Å². The van der Waals surface area contributed by atoms with Crippen LogP contribution in [-0.2, 0) is 5.41 Å². The smallest absolute Gasteiger partial charge is 0.0384 e. The molecular weight excluding hydrogens is 422 g/mol. The van der Waals surface area contributed by atoms with E-state index in [9.17, 15) is 0 Å². The monoisotopic (exact) mass is 461 g/mol. The summed E-state index contributed by atoms with van der Waals surface area (Å²) >= 11 is 0. The molecule has 5 fully saturated rings. The van der Waals surface area contributed by atoms with Crippen LogP contribution in [0.15, 0.2) is 72.8 Å². The van der Waals surface area contributed by atoms with Crippen molar-refractivity contribution in [1.82, 2.24) is 0 Å². The van der Waals surface area contributed by atoms with Crippen molar-refractivity contribution in [3.8, 4) is 11.1 Å². The third kappa shape index (κ3) is 4.22. The minimum Gasteiger partial charge on any atom is -0.356 e. The second-order valence-electron chi connectivity index (χ2n) is 12.4. The third-order valence-electron chi connectivity index (χ3n) is 10.0. The van der Waals surface area contributed by atoms with E-state index in [2.05, 4.69) is 78.1 Å². The summed E-state index contributed by atoms with van der Waals surface area (Å²) in [6, 6.07) is 27.8. The maximum atomic E-state index is 3.60. The van der Waals surface area contributed by atoms with E-state index in [1.165, 1.54) is 93.0 Å². The van der Waals surface area contributed by atoms with E-state index in [1.807, 2.05) is 0 Å². The first-order valence-electron chi connectivity index (χ1n) is 14.3. The van der Waals surface area contributed by atoms with Gasteiger partial charge in [0.05, 0.1) is 0 Å². The normalized spacial score (nSPS) is 29.9. The summed E-state index contributed by atoms with van der Waals surface area (Å²) in [5, 5.41) is 3.60. The topological polar surface area (TPSA) is 12.0 Å². The highest BCUT2D eigenvalue weighted by Crippen LogP contribution is 2.60. The zero-order valence-electron chi connectivity index (χ0n) is 21.0. The SMILES string of the molecule is c1cc(-c2ccc(C34CC5CC(CC(C5)C3)C4)cc2)ccc1Nc1ccc(C2CCCCC2)cc1. The quantitative estimate of drug-likeness (QED) is 0.399. The number of nitrogens with one attached hydrogen (secondary N) is 1. The van der Waals surface area contributed by atoms with Crippen LogP contribution in [-0.4, -0.2) is 0 Å². The number of benzene rings is 3. The van der Waals surface area contributed by atoms with Crippen LogP contribution in [0.25, 0.3) is 11.1 Å². The fourth-order valence-corrected chi connectivity index (χ4v) is 8.67. The third-order valence-corrected chi connectivity index (χ3v) is 10.0. The standard InChI is InChI=1S/C34H39N/c1-2-4-27(5-3-1)29-8-14-32(15-9-29)35-33-16-10-30(11-17-33)28-6-12-31(13-7-28)34-21-24-18-25(22-34)20-26(19-24)23-34/h6-17,24-27,35H,1-5,18-23H2. The highest BCUT2D eigenvalue weighted by molar-refractivity contribution is 5.69. The molecule has 8 rings (SSSR count). The largest absolute Gasteiger partial charge is 0.356 e. The Morgan fingerprint density at radius 1 is 0.543 bits per heavy atom. The van der Waals surface area contributed by atoms with Crippen LogP contribution in [0.4, 0.5) is 11.4 Å². The molecule has 5 aliphatic rings. The highest BCUT2D eigenvalue weighted by atomic mass is 14.9. The first kappa shape index (κ1) is 21.7. The summed E-state index contributed by atoms with van der Waals surface area (Å²) in [5.74, 6) is 3.78. The maximum absolute atomic E-state index is 3.60. The molecule has 1 heteroatoms. The van der Waals surface area contributed by atoms with Crippen LogP contribution in [0, 0.1) is 17.8 Å². The predicted molar refractivity (Wildman–Crippen MR) is 147 cm³/mol. The highest BCUT2D eigenvalue weighted by Gasteiger charge is 2.51. The average molecular weight is 462 g/mol. The first-order valence-corrected chi connectivity index (χ1v) is 14.3. The van der Waals surface area contributed by atoms with Gasteiger partial charge >= 0.3 is 0 Å². The fraction of sp³-hybridized carbons (Fsp3) is 0.471.